The van der Waals surface area contributed by atoms with Crippen molar-refractivity contribution in [2.45, 2.75) is 74.9 Å². The number of nitrogens with zero attached hydrogens (tertiary/aromatic N) is 1. The number of alkyl halides is 1. The van der Waals surface area contributed by atoms with Crippen LogP contribution in [0.5, 0.6) is 0 Å². The Morgan fingerprint density at radius 1 is 0.786 bits per heavy atom. The Labute approximate surface area is 91.8 Å². The molecule has 1 saturated carbocycles. The van der Waals surface area contributed by atoms with E-state index in [2.05, 4.69) is 4.90 Å². The molecule has 14 heavy (non-hydrogen) atoms. The summed E-state index contributed by atoms with van der Waals surface area (Å²) >= 11 is 6.29. The molecule has 0 aromatic heterocycles. The molecule has 3 rings (SSSR count). The summed E-state index contributed by atoms with van der Waals surface area (Å²) in [5.74, 6) is 0. The van der Waals surface area contributed by atoms with Gasteiger partial charge in [-0.15, -0.1) is 11.6 Å². The van der Waals surface area contributed by atoms with E-state index in [1.807, 2.05) is 0 Å². The second-order valence-electron chi connectivity index (χ2n) is 5.34. The highest BCUT2D eigenvalue weighted by molar-refractivity contribution is 6.20. The lowest BCUT2D eigenvalue weighted by atomic mass is 9.99. The molecule has 2 saturated heterocycles. The van der Waals surface area contributed by atoms with Gasteiger partial charge < -0.3 is 0 Å². The van der Waals surface area contributed by atoms with Gasteiger partial charge in [0.15, 0.2) is 0 Å². The molecule has 3 fully saturated rings. The minimum atomic E-state index is 0.477. The predicted molar refractivity (Wildman–Crippen MR) is 59.8 cm³/mol. The van der Waals surface area contributed by atoms with Crippen molar-refractivity contribution in [1.82, 2.24) is 4.90 Å². The van der Waals surface area contributed by atoms with Crippen LogP contribution in [0.15, 0.2) is 0 Å². The lowest BCUT2D eigenvalue weighted by molar-refractivity contribution is 0.0913. The zero-order valence-corrected chi connectivity index (χ0v) is 9.55. The average Bonchev–Trinajstić information content (AvgIpc) is 2.72. The van der Waals surface area contributed by atoms with E-state index in [1.165, 1.54) is 51.4 Å². The molecule has 2 unspecified atom stereocenters. The number of rotatable bonds is 1. The van der Waals surface area contributed by atoms with E-state index < -0.39 is 0 Å². The molecule has 0 aromatic rings. The van der Waals surface area contributed by atoms with E-state index >= 15 is 0 Å². The van der Waals surface area contributed by atoms with Crippen LogP contribution >= 0.6 is 11.6 Å². The SMILES string of the molecule is ClC1CC2CCC(C1)N2C1CCCC1. The van der Waals surface area contributed by atoms with Crippen LogP contribution < -0.4 is 0 Å². The van der Waals surface area contributed by atoms with Gasteiger partial charge in [-0.1, -0.05) is 12.8 Å². The molecule has 0 N–H and O–H groups in total. The van der Waals surface area contributed by atoms with Gasteiger partial charge in [0.1, 0.15) is 0 Å². The number of halogens is 1. The van der Waals surface area contributed by atoms with Crippen molar-refractivity contribution < 1.29 is 0 Å². The molecule has 0 radical (unpaired) electrons. The first-order chi connectivity index (χ1) is 6.84. The minimum Gasteiger partial charge on any atom is -0.294 e. The summed E-state index contributed by atoms with van der Waals surface area (Å²) in [6, 6.07) is 2.62. The van der Waals surface area contributed by atoms with Crippen molar-refractivity contribution in [3.05, 3.63) is 0 Å². The predicted octanol–water partition coefficient (Wildman–Crippen LogP) is 3.16. The smallest absolute Gasteiger partial charge is 0.0365 e. The van der Waals surface area contributed by atoms with E-state index in [-0.39, 0.29) is 0 Å². The van der Waals surface area contributed by atoms with Crippen molar-refractivity contribution in [2.24, 2.45) is 0 Å². The maximum absolute atomic E-state index is 6.29. The second kappa shape index (κ2) is 3.68. The molecule has 1 nitrogen and oxygen atoms in total. The summed E-state index contributed by atoms with van der Waals surface area (Å²) in [7, 11) is 0. The van der Waals surface area contributed by atoms with Crippen molar-refractivity contribution in [2.75, 3.05) is 0 Å². The normalized spacial score (nSPS) is 44.8. The van der Waals surface area contributed by atoms with Crippen molar-refractivity contribution in [3.63, 3.8) is 0 Å². The first-order valence-electron chi connectivity index (χ1n) is 6.26. The lowest BCUT2D eigenvalue weighted by Crippen LogP contribution is -2.48. The summed E-state index contributed by atoms with van der Waals surface area (Å²) in [6.45, 7) is 0. The first-order valence-corrected chi connectivity index (χ1v) is 6.70. The Kier molecular flexibility index (Phi) is 2.49. The molecular formula is C12H20ClN. The van der Waals surface area contributed by atoms with Gasteiger partial charge in [0.05, 0.1) is 0 Å². The zero-order valence-electron chi connectivity index (χ0n) is 8.79. The molecule has 2 atom stereocenters. The molecule has 80 valence electrons. The minimum absolute atomic E-state index is 0.477. The van der Waals surface area contributed by atoms with Gasteiger partial charge in [0.2, 0.25) is 0 Å². The van der Waals surface area contributed by atoms with Gasteiger partial charge in [-0.25, -0.2) is 0 Å². The third-order valence-corrected chi connectivity index (χ3v) is 4.83. The first kappa shape index (κ1) is 9.47. The fourth-order valence-corrected chi connectivity index (χ4v) is 4.36. The Morgan fingerprint density at radius 3 is 1.93 bits per heavy atom. The van der Waals surface area contributed by atoms with Crippen LogP contribution in [0.2, 0.25) is 0 Å². The molecule has 2 bridgehead atoms. The van der Waals surface area contributed by atoms with Crippen LogP contribution in [0.3, 0.4) is 0 Å². The van der Waals surface area contributed by atoms with E-state index in [0.29, 0.717) is 5.38 Å². The monoisotopic (exact) mass is 213 g/mol. The fourth-order valence-electron chi connectivity index (χ4n) is 3.95. The standard InChI is InChI=1S/C12H20ClN/c13-9-7-11-5-6-12(8-9)14(11)10-3-1-2-4-10/h9-12H,1-8H2. The Balaban J connectivity index is 1.74. The fraction of sp³-hybridized carbons (Fsp3) is 1.00. The van der Waals surface area contributed by atoms with E-state index in [4.69, 9.17) is 11.6 Å². The van der Waals surface area contributed by atoms with Gasteiger partial charge in [0, 0.05) is 23.5 Å². The molecule has 2 heterocycles. The molecule has 0 spiro atoms. The van der Waals surface area contributed by atoms with Crippen molar-refractivity contribution in [3.8, 4) is 0 Å². The number of hydrogen-bond donors (Lipinski definition) is 0. The lowest BCUT2D eigenvalue weighted by Gasteiger charge is -2.41. The summed E-state index contributed by atoms with van der Waals surface area (Å²) in [5.41, 5.74) is 0. The summed E-state index contributed by atoms with van der Waals surface area (Å²) in [5, 5.41) is 0.477. The summed E-state index contributed by atoms with van der Waals surface area (Å²) < 4.78 is 0. The highest BCUT2D eigenvalue weighted by Gasteiger charge is 2.43. The maximum Gasteiger partial charge on any atom is 0.0365 e. The largest absolute Gasteiger partial charge is 0.294 e. The van der Waals surface area contributed by atoms with E-state index in [9.17, 15) is 0 Å². The van der Waals surface area contributed by atoms with Crippen LogP contribution in [-0.4, -0.2) is 28.4 Å². The van der Waals surface area contributed by atoms with Crippen molar-refractivity contribution >= 4 is 11.6 Å². The number of fused-ring (bicyclic) bond motifs is 2. The van der Waals surface area contributed by atoms with Crippen LogP contribution in [0.1, 0.15) is 51.4 Å². The topological polar surface area (TPSA) is 3.24 Å². The Morgan fingerprint density at radius 2 is 1.36 bits per heavy atom. The van der Waals surface area contributed by atoms with Gasteiger partial charge >= 0.3 is 0 Å². The van der Waals surface area contributed by atoms with E-state index in [1.54, 1.807) is 0 Å². The third-order valence-electron chi connectivity index (χ3n) is 4.48. The van der Waals surface area contributed by atoms with E-state index in [0.717, 1.165) is 18.1 Å². The Hall–Kier alpha value is 0.250. The second-order valence-corrected chi connectivity index (χ2v) is 5.96. The maximum atomic E-state index is 6.29. The average molecular weight is 214 g/mol. The number of hydrogen-bond acceptors (Lipinski definition) is 1. The van der Waals surface area contributed by atoms with Gasteiger partial charge in [-0.05, 0) is 38.5 Å². The molecule has 2 aliphatic heterocycles. The molecule has 3 aliphatic rings. The number of piperidine rings is 1. The summed E-state index contributed by atoms with van der Waals surface area (Å²) in [4.78, 5) is 2.85. The molecule has 1 aliphatic carbocycles. The highest BCUT2D eigenvalue weighted by atomic mass is 35.5. The van der Waals surface area contributed by atoms with Crippen LogP contribution in [0.25, 0.3) is 0 Å². The Bertz CT molecular complexity index is 198. The van der Waals surface area contributed by atoms with Gasteiger partial charge in [0.25, 0.3) is 0 Å². The molecule has 0 amide bonds. The van der Waals surface area contributed by atoms with Crippen LogP contribution in [0, 0.1) is 0 Å². The molecule has 0 aromatic carbocycles. The van der Waals surface area contributed by atoms with Crippen molar-refractivity contribution in [1.29, 1.82) is 0 Å². The summed E-state index contributed by atoms with van der Waals surface area (Å²) in [6.07, 6.45) is 11.2. The van der Waals surface area contributed by atoms with Gasteiger partial charge in [-0.3, -0.25) is 4.90 Å². The zero-order chi connectivity index (χ0) is 9.54. The van der Waals surface area contributed by atoms with Crippen LogP contribution in [-0.2, 0) is 0 Å². The van der Waals surface area contributed by atoms with Crippen LogP contribution in [0.4, 0.5) is 0 Å². The quantitative estimate of drug-likeness (QED) is 0.605. The highest BCUT2D eigenvalue weighted by Crippen LogP contribution is 2.42. The van der Waals surface area contributed by atoms with Gasteiger partial charge in [-0.2, -0.15) is 0 Å². The third kappa shape index (κ3) is 1.49. The molecular weight excluding hydrogens is 194 g/mol. The molecule has 2 heteroatoms.